The molecular formula is C13H21N3O4. The second-order valence-corrected chi connectivity index (χ2v) is 5.86. The van der Waals surface area contributed by atoms with Crippen LogP contribution in [0.25, 0.3) is 0 Å². The molecule has 3 amide bonds. The number of carbonyl (C=O) groups is 3. The average Bonchev–Trinajstić information content (AvgIpc) is 3.24. The smallest absolute Gasteiger partial charge is 0.326 e. The molecule has 2 fully saturated rings. The highest BCUT2D eigenvalue weighted by molar-refractivity contribution is 5.83. The first-order valence-electron chi connectivity index (χ1n) is 6.98. The van der Waals surface area contributed by atoms with Gasteiger partial charge in [0.15, 0.2) is 0 Å². The average molecular weight is 283 g/mol. The zero-order chi connectivity index (χ0) is 14.8. The number of primary amides is 1. The van der Waals surface area contributed by atoms with Crippen molar-refractivity contribution in [3.63, 3.8) is 0 Å². The normalized spacial score (nSPS) is 20.8. The molecule has 2 saturated carbocycles. The topological polar surface area (TPSA) is 122 Å². The molecule has 0 spiro atoms. The number of hydrogen-bond acceptors (Lipinski definition) is 3. The van der Waals surface area contributed by atoms with Crippen LogP contribution in [-0.2, 0) is 9.59 Å². The Kier molecular flexibility index (Phi) is 4.15. The highest BCUT2D eigenvalue weighted by Gasteiger charge is 2.53. The lowest BCUT2D eigenvalue weighted by molar-refractivity contribution is -0.139. The highest BCUT2D eigenvalue weighted by Crippen LogP contribution is 2.60. The number of nitrogens with two attached hydrogens (primary N) is 1. The first-order chi connectivity index (χ1) is 9.43. The number of rotatable bonds is 8. The van der Waals surface area contributed by atoms with Crippen molar-refractivity contribution in [2.45, 2.75) is 44.6 Å². The fraction of sp³-hybridized carbons (Fsp3) is 0.769. The largest absolute Gasteiger partial charge is 0.480 e. The lowest BCUT2D eigenvalue weighted by Gasteiger charge is -2.18. The number of urea groups is 1. The van der Waals surface area contributed by atoms with Crippen LogP contribution in [0, 0.1) is 11.3 Å². The summed E-state index contributed by atoms with van der Waals surface area (Å²) in [6.45, 7) is 0.603. The van der Waals surface area contributed by atoms with Gasteiger partial charge in [-0.05, 0) is 43.4 Å². The van der Waals surface area contributed by atoms with Gasteiger partial charge >= 0.3 is 12.0 Å². The van der Waals surface area contributed by atoms with Crippen molar-refractivity contribution in [1.29, 1.82) is 0 Å². The van der Waals surface area contributed by atoms with E-state index in [1.54, 1.807) is 0 Å². The molecule has 2 aliphatic carbocycles. The molecule has 1 unspecified atom stereocenters. The van der Waals surface area contributed by atoms with Crippen LogP contribution in [-0.4, -0.2) is 35.6 Å². The van der Waals surface area contributed by atoms with Crippen molar-refractivity contribution in [2.75, 3.05) is 6.54 Å². The molecule has 112 valence electrons. The highest BCUT2D eigenvalue weighted by atomic mass is 16.4. The van der Waals surface area contributed by atoms with Crippen LogP contribution in [0.4, 0.5) is 4.79 Å². The summed E-state index contributed by atoms with van der Waals surface area (Å²) >= 11 is 0. The van der Waals surface area contributed by atoms with Crippen LogP contribution in [0.3, 0.4) is 0 Å². The Morgan fingerprint density at radius 2 is 1.95 bits per heavy atom. The van der Waals surface area contributed by atoms with Crippen molar-refractivity contribution >= 4 is 17.9 Å². The molecule has 0 bridgehead atoms. The Hall–Kier alpha value is -1.79. The first-order valence-corrected chi connectivity index (χ1v) is 6.98. The van der Waals surface area contributed by atoms with E-state index in [9.17, 15) is 14.4 Å². The molecule has 0 radical (unpaired) electrons. The zero-order valence-electron chi connectivity index (χ0n) is 11.4. The van der Waals surface area contributed by atoms with Crippen LogP contribution < -0.4 is 16.4 Å². The molecule has 5 N–H and O–H groups in total. The molecule has 7 heteroatoms. The van der Waals surface area contributed by atoms with Crippen molar-refractivity contribution < 1.29 is 19.5 Å². The molecule has 7 nitrogen and oxygen atoms in total. The number of carbonyl (C=O) groups excluding carboxylic acids is 2. The van der Waals surface area contributed by atoms with Gasteiger partial charge in [-0.3, -0.25) is 4.79 Å². The number of carboxylic acids is 1. The lowest BCUT2D eigenvalue weighted by Crippen LogP contribution is -2.47. The maximum absolute atomic E-state index is 11.7. The fourth-order valence-corrected chi connectivity index (χ4v) is 2.60. The molecule has 0 aliphatic heterocycles. The van der Waals surface area contributed by atoms with E-state index in [4.69, 9.17) is 10.8 Å². The Morgan fingerprint density at radius 1 is 1.30 bits per heavy atom. The SMILES string of the molecule is NC(=O)CCC(NC(=O)NCC1(C2CC2)CC1)C(=O)O. The molecule has 0 aromatic rings. The number of aliphatic carboxylic acids is 1. The van der Waals surface area contributed by atoms with E-state index in [2.05, 4.69) is 10.6 Å². The third-order valence-electron chi connectivity index (χ3n) is 4.22. The Bertz CT molecular complexity index is 416. The monoisotopic (exact) mass is 283 g/mol. The number of amides is 3. The van der Waals surface area contributed by atoms with Gasteiger partial charge in [-0.2, -0.15) is 0 Å². The summed E-state index contributed by atoms with van der Waals surface area (Å²) in [4.78, 5) is 33.4. The van der Waals surface area contributed by atoms with E-state index >= 15 is 0 Å². The minimum Gasteiger partial charge on any atom is -0.480 e. The molecule has 1 atom stereocenters. The summed E-state index contributed by atoms with van der Waals surface area (Å²) in [5.41, 5.74) is 5.24. The van der Waals surface area contributed by atoms with Crippen LogP contribution in [0.1, 0.15) is 38.5 Å². The molecule has 2 aliphatic rings. The zero-order valence-corrected chi connectivity index (χ0v) is 11.4. The van der Waals surface area contributed by atoms with Crippen LogP contribution >= 0.6 is 0 Å². The predicted octanol–water partition coefficient (Wildman–Crippen LogP) is 0.194. The van der Waals surface area contributed by atoms with Crippen molar-refractivity contribution in [3.05, 3.63) is 0 Å². The molecule has 20 heavy (non-hydrogen) atoms. The second kappa shape index (κ2) is 5.68. The summed E-state index contributed by atoms with van der Waals surface area (Å²) in [6.07, 6.45) is 4.69. The predicted molar refractivity (Wildman–Crippen MR) is 70.8 cm³/mol. The van der Waals surface area contributed by atoms with Gasteiger partial charge in [0.1, 0.15) is 6.04 Å². The van der Waals surface area contributed by atoms with Crippen LogP contribution in [0.15, 0.2) is 0 Å². The standard InChI is InChI=1S/C13H21N3O4/c14-10(17)4-3-9(11(18)19)16-12(20)15-7-13(5-6-13)8-1-2-8/h8-9H,1-7H2,(H2,14,17)(H,18,19)(H2,15,16,20). The van der Waals surface area contributed by atoms with Crippen molar-refractivity contribution in [2.24, 2.45) is 17.1 Å². The van der Waals surface area contributed by atoms with Gasteiger partial charge < -0.3 is 21.5 Å². The Morgan fingerprint density at radius 3 is 2.40 bits per heavy atom. The molecule has 0 aromatic heterocycles. The summed E-state index contributed by atoms with van der Waals surface area (Å²) in [7, 11) is 0. The second-order valence-electron chi connectivity index (χ2n) is 5.86. The maximum Gasteiger partial charge on any atom is 0.326 e. The number of carboxylic acid groups (broad SMARTS) is 1. The third-order valence-corrected chi connectivity index (χ3v) is 4.22. The van der Waals surface area contributed by atoms with Crippen molar-refractivity contribution in [1.82, 2.24) is 10.6 Å². The van der Waals surface area contributed by atoms with E-state index in [1.165, 1.54) is 12.8 Å². The summed E-state index contributed by atoms with van der Waals surface area (Å²) in [5.74, 6) is -1.01. The molecule has 0 saturated heterocycles. The van der Waals surface area contributed by atoms with Gasteiger partial charge in [0.05, 0.1) is 0 Å². The number of nitrogens with one attached hydrogen (secondary N) is 2. The van der Waals surface area contributed by atoms with Gasteiger partial charge in [-0.25, -0.2) is 9.59 Å². The lowest BCUT2D eigenvalue weighted by atomic mass is 10.0. The Labute approximate surface area is 117 Å². The molecule has 0 aromatic carbocycles. The van der Waals surface area contributed by atoms with E-state index < -0.39 is 23.9 Å². The quantitative estimate of drug-likeness (QED) is 0.508. The van der Waals surface area contributed by atoms with Gasteiger partial charge in [0.25, 0.3) is 0 Å². The van der Waals surface area contributed by atoms with Crippen molar-refractivity contribution in [3.8, 4) is 0 Å². The third kappa shape index (κ3) is 3.85. The fourth-order valence-electron chi connectivity index (χ4n) is 2.60. The van der Waals surface area contributed by atoms with Crippen LogP contribution in [0.2, 0.25) is 0 Å². The molecule has 0 heterocycles. The Balaban J connectivity index is 1.73. The minimum atomic E-state index is -1.16. The van der Waals surface area contributed by atoms with Crippen LogP contribution in [0.5, 0.6) is 0 Å². The van der Waals surface area contributed by atoms with E-state index in [0.29, 0.717) is 6.54 Å². The van der Waals surface area contributed by atoms with Gasteiger partial charge in [0, 0.05) is 13.0 Å². The summed E-state index contributed by atoms with van der Waals surface area (Å²) in [6, 6.07) is -1.58. The first kappa shape index (κ1) is 14.6. The van der Waals surface area contributed by atoms with E-state index in [-0.39, 0.29) is 18.3 Å². The van der Waals surface area contributed by atoms with E-state index in [0.717, 1.165) is 18.8 Å². The van der Waals surface area contributed by atoms with Gasteiger partial charge in [0.2, 0.25) is 5.91 Å². The van der Waals surface area contributed by atoms with E-state index in [1.807, 2.05) is 0 Å². The number of hydrogen-bond donors (Lipinski definition) is 4. The minimum absolute atomic E-state index is 0.00581. The van der Waals surface area contributed by atoms with Gasteiger partial charge in [-0.15, -0.1) is 0 Å². The summed E-state index contributed by atoms with van der Waals surface area (Å²) < 4.78 is 0. The summed E-state index contributed by atoms with van der Waals surface area (Å²) in [5, 5.41) is 14.1. The van der Waals surface area contributed by atoms with Gasteiger partial charge in [-0.1, -0.05) is 0 Å². The maximum atomic E-state index is 11.7. The molecule has 2 rings (SSSR count). The molecular weight excluding hydrogens is 262 g/mol.